The molecule has 2 unspecified atom stereocenters. The van der Waals surface area contributed by atoms with E-state index in [1.807, 2.05) is 61.5 Å². The van der Waals surface area contributed by atoms with Gasteiger partial charge in [0.15, 0.2) is 0 Å². The average molecular weight is 822 g/mol. The van der Waals surface area contributed by atoms with E-state index in [0.717, 1.165) is 65.0 Å². The summed E-state index contributed by atoms with van der Waals surface area (Å²) in [4.78, 5) is 24.4. The summed E-state index contributed by atoms with van der Waals surface area (Å²) in [5, 5.41) is 48.6. The second kappa shape index (κ2) is 15.3. The maximum Gasteiger partial charge on any atom is 0.304 e. The molecule has 4 saturated carbocycles. The number of amidine groups is 2. The van der Waals surface area contributed by atoms with Gasteiger partial charge in [0.05, 0.1) is 22.8 Å². The Labute approximate surface area is 350 Å². The first kappa shape index (κ1) is 40.8. The van der Waals surface area contributed by atoms with Crippen LogP contribution in [0.25, 0.3) is 15.8 Å². The number of likely N-dealkylation sites (tertiary alicyclic amines) is 1. The fraction of sp³-hybridized carbons (Fsp3) is 0.533. The molecule has 3 aromatic rings. The van der Waals surface area contributed by atoms with Crippen molar-refractivity contribution in [1.82, 2.24) is 29.9 Å². The standard InChI is InChI=1S/C45H59N9O4S/c1-28(38(46)51-41-49-33-11-6-7-12-34(33)59-41)30-10-8-18-53(39(30)47)35-14-13-31(37(50-35)40(57)58)32-20-48-54(29(32)2)27-45-24-42(3)21-43(4,25-45)23-44(22-42,26-45)16-9-17-52(5)19-15-36(55)56/h6-7,11-14,20,47,50,57-58H,8-10,15-19,21-27H2,1-5H3,(H,55,56)(H2,46,49,51)/b30-28-,47-39?. The van der Waals surface area contributed by atoms with Gasteiger partial charge in [0.25, 0.3) is 5.95 Å². The van der Waals surface area contributed by atoms with Gasteiger partial charge in [-0.05, 0) is 143 Å². The molecule has 0 radical (unpaired) electrons. The highest BCUT2D eigenvalue weighted by Gasteiger charge is 2.65. The highest BCUT2D eigenvalue weighted by Crippen LogP contribution is 2.75. The number of carbonyl (C=O) groups is 1. The number of carboxylic acid groups (broad SMARTS) is 1. The van der Waals surface area contributed by atoms with E-state index < -0.39 is 11.9 Å². The van der Waals surface area contributed by atoms with Gasteiger partial charge in [-0.25, -0.2) is 9.98 Å². The number of benzene rings is 1. The molecule has 14 heteroatoms. The second-order valence-corrected chi connectivity index (χ2v) is 20.2. The van der Waals surface area contributed by atoms with Crippen LogP contribution in [0, 0.1) is 34.0 Å². The molecule has 1 saturated heterocycles. The normalized spacial score (nSPS) is 28.9. The van der Waals surface area contributed by atoms with Crippen LogP contribution < -0.4 is 11.1 Å². The van der Waals surface area contributed by atoms with Crippen LogP contribution in [0.2, 0.25) is 0 Å². The second-order valence-electron chi connectivity index (χ2n) is 19.2. The van der Waals surface area contributed by atoms with E-state index in [1.165, 1.54) is 49.9 Å². The quantitative estimate of drug-likeness (QED) is 0.0554. The highest BCUT2D eigenvalue weighted by atomic mass is 32.1. The molecule has 4 heterocycles. The molecule has 6 aliphatic rings. The van der Waals surface area contributed by atoms with E-state index in [9.17, 15) is 20.4 Å². The highest BCUT2D eigenvalue weighted by molar-refractivity contribution is 7.22. The first-order valence-electron chi connectivity index (χ1n) is 21.0. The van der Waals surface area contributed by atoms with Crippen LogP contribution in [-0.4, -0.2) is 84.2 Å². The fourth-order valence-electron chi connectivity index (χ4n) is 12.6. The molecular formula is C45H59N9O4S. The Bertz CT molecular complexity index is 2290. The van der Waals surface area contributed by atoms with Crippen LogP contribution in [0.15, 0.2) is 76.2 Å². The van der Waals surface area contributed by atoms with Crippen molar-refractivity contribution >= 4 is 49.9 Å². The zero-order valence-electron chi connectivity index (χ0n) is 35.1. The largest absolute Gasteiger partial charge is 0.481 e. The molecule has 59 heavy (non-hydrogen) atoms. The van der Waals surface area contributed by atoms with Crippen LogP contribution in [0.5, 0.6) is 0 Å². The Morgan fingerprint density at radius 2 is 1.78 bits per heavy atom. The smallest absolute Gasteiger partial charge is 0.304 e. The molecule has 4 bridgehead atoms. The lowest BCUT2D eigenvalue weighted by molar-refractivity contribution is -0.198. The number of allylic oxidation sites excluding steroid dienone is 3. The molecule has 7 N–H and O–H groups in total. The third kappa shape index (κ3) is 8.05. The van der Waals surface area contributed by atoms with Crippen molar-refractivity contribution in [3.05, 3.63) is 82.5 Å². The molecule has 4 aliphatic carbocycles. The predicted octanol–water partition coefficient (Wildman–Crippen LogP) is 8.55. The number of aliphatic imine (C=N–C) groups is 1. The number of aliphatic hydroxyl groups is 2. The SMILES string of the molecule is CC(=C1\CCCN(C2=CC=C(c3cnn(CC45CC6(C)CC(C)(CC(CCCN(C)CCC(=O)O)(C6)C4)C5)c3C)C(=C(O)O)N2)C1=N)/C(N)=N\c1nc2ccccc2s1. The minimum absolute atomic E-state index is 0.117. The van der Waals surface area contributed by atoms with Crippen molar-refractivity contribution in [3.63, 3.8) is 0 Å². The third-order valence-electron chi connectivity index (χ3n) is 13.8. The zero-order chi connectivity index (χ0) is 41.9. The summed E-state index contributed by atoms with van der Waals surface area (Å²) in [6.07, 6.45) is 16.8. The summed E-state index contributed by atoms with van der Waals surface area (Å²) >= 11 is 1.47. The van der Waals surface area contributed by atoms with Crippen LogP contribution in [0.4, 0.5) is 5.13 Å². The lowest BCUT2D eigenvalue weighted by Crippen LogP contribution is -2.60. The van der Waals surface area contributed by atoms with Crippen LogP contribution >= 0.6 is 11.3 Å². The van der Waals surface area contributed by atoms with Gasteiger partial charge in [0, 0.05) is 42.0 Å². The van der Waals surface area contributed by atoms with E-state index >= 15 is 0 Å². The first-order chi connectivity index (χ1) is 28.0. The molecule has 9 rings (SSSR count). The number of dihydropyridines is 1. The Morgan fingerprint density at radius 1 is 1.05 bits per heavy atom. The molecule has 1 aromatic carbocycles. The van der Waals surface area contributed by atoms with Gasteiger partial charge < -0.3 is 36.2 Å². The van der Waals surface area contributed by atoms with Crippen LogP contribution in [0.1, 0.15) is 103 Å². The van der Waals surface area contributed by atoms with Gasteiger partial charge >= 0.3 is 5.97 Å². The zero-order valence-corrected chi connectivity index (χ0v) is 35.9. The number of aliphatic hydroxyl groups excluding tert-OH is 1. The van der Waals surface area contributed by atoms with E-state index in [2.05, 4.69) is 45.6 Å². The average Bonchev–Trinajstić information content (AvgIpc) is 3.73. The van der Waals surface area contributed by atoms with Gasteiger partial charge in [0.1, 0.15) is 23.2 Å². The van der Waals surface area contributed by atoms with E-state index in [0.29, 0.717) is 41.9 Å². The molecular weight excluding hydrogens is 763 g/mol. The van der Waals surface area contributed by atoms with E-state index in [-0.39, 0.29) is 39.6 Å². The Morgan fingerprint density at radius 3 is 2.49 bits per heavy atom. The number of para-hydroxylation sites is 1. The summed E-state index contributed by atoms with van der Waals surface area (Å²) in [5.41, 5.74) is 12.5. The Hall–Kier alpha value is -4.95. The lowest BCUT2D eigenvalue weighted by Gasteiger charge is -2.70. The van der Waals surface area contributed by atoms with Gasteiger partial charge in [-0.15, -0.1) is 0 Å². The van der Waals surface area contributed by atoms with Gasteiger partial charge in [-0.3, -0.25) is 14.9 Å². The van der Waals surface area contributed by atoms with Crippen LogP contribution in [0.3, 0.4) is 0 Å². The van der Waals surface area contributed by atoms with Crippen molar-refractivity contribution < 1.29 is 20.1 Å². The maximum absolute atomic E-state index is 11.1. The number of nitrogens with one attached hydrogen (secondary N) is 2. The van der Waals surface area contributed by atoms with Crippen LogP contribution in [-0.2, 0) is 11.3 Å². The van der Waals surface area contributed by atoms with Crippen molar-refractivity contribution in [1.29, 1.82) is 5.41 Å². The molecule has 2 aromatic heterocycles. The number of aliphatic carboxylic acids is 1. The Kier molecular flexibility index (Phi) is 10.6. The minimum atomic E-state index is -0.825. The third-order valence-corrected chi connectivity index (χ3v) is 14.7. The molecule has 13 nitrogen and oxygen atoms in total. The van der Waals surface area contributed by atoms with Crippen molar-refractivity contribution in [3.8, 4) is 0 Å². The number of rotatable bonds is 13. The fourth-order valence-corrected chi connectivity index (χ4v) is 13.5. The first-order valence-corrected chi connectivity index (χ1v) is 21.8. The number of thiazole rings is 1. The predicted molar refractivity (Wildman–Crippen MR) is 233 cm³/mol. The van der Waals surface area contributed by atoms with Crippen molar-refractivity contribution in [2.24, 2.45) is 32.4 Å². The molecule has 314 valence electrons. The molecule has 2 aliphatic heterocycles. The summed E-state index contributed by atoms with van der Waals surface area (Å²) in [7, 11) is 2.03. The number of piperidine rings is 1. The molecule has 2 atom stereocenters. The van der Waals surface area contributed by atoms with Crippen molar-refractivity contribution in [2.75, 3.05) is 26.7 Å². The summed E-state index contributed by atoms with van der Waals surface area (Å²) in [5.74, 6) is -0.395. The number of hydrogen-bond acceptors (Lipinski definition) is 10. The topological polar surface area (TPSA) is 189 Å². The lowest BCUT2D eigenvalue weighted by atomic mass is 9.35. The van der Waals surface area contributed by atoms with Gasteiger partial charge in [-0.2, -0.15) is 5.10 Å². The monoisotopic (exact) mass is 821 g/mol. The molecule has 5 fully saturated rings. The summed E-state index contributed by atoms with van der Waals surface area (Å²) in [6, 6.07) is 7.87. The molecule has 0 spiro atoms. The number of carboxylic acids is 1. The molecule has 0 amide bonds. The number of hydrogen-bond donors (Lipinski definition) is 6. The number of fused-ring (bicyclic) bond motifs is 1. The van der Waals surface area contributed by atoms with Gasteiger partial charge in [0.2, 0.25) is 5.13 Å². The number of nitrogens with zero attached hydrogens (tertiary/aromatic N) is 6. The van der Waals surface area contributed by atoms with Gasteiger partial charge in [-0.1, -0.05) is 37.3 Å². The minimum Gasteiger partial charge on any atom is -0.481 e. The van der Waals surface area contributed by atoms with E-state index in [1.54, 1.807) is 0 Å². The number of nitrogens with two attached hydrogens (primary N) is 1. The number of aromatic nitrogens is 3. The van der Waals surface area contributed by atoms with Crippen molar-refractivity contribution in [2.45, 2.75) is 105 Å². The summed E-state index contributed by atoms with van der Waals surface area (Å²) < 4.78 is 3.18. The Balaban J connectivity index is 1.01. The van der Waals surface area contributed by atoms with E-state index in [4.69, 9.17) is 15.9 Å². The summed E-state index contributed by atoms with van der Waals surface area (Å²) in [6.45, 7) is 11.9. The maximum atomic E-state index is 11.1.